The molecule has 0 spiro atoms. The van der Waals surface area contributed by atoms with Gasteiger partial charge in [0.25, 0.3) is 5.56 Å². The highest BCUT2D eigenvalue weighted by molar-refractivity contribution is 5.71. The quantitative estimate of drug-likeness (QED) is 0.612. The van der Waals surface area contributed by atoms with Crippen molar-refractivity contribution in [3.63, 3.8) is 0 Å². The molecule has 2 aromatic carbocycles. The van der Waals surface area contributed by atoms with E-state index >= 15 is 0 Å². The number of benzene rings is 2. The fourth-order valence-corrected chi connectivity index (χ4v) is 2.32. The summed E-state index contributed by atoms with van der Waals surface area (Å²) in [4.78, 5) is 12.0. The fraction of sp³-hybridized carbons (Fsp3) is 0.167. The molecule has 6 heteroatoms. The standard InChI is InChI=1S/C18H18N4O2/c1-11(2)12-3-7-14(8-4-12)19-21-17-16(20-22-18(17)24)13-5-9-15(23)10-6-13/h3-11,23H,1-2H3,(H2,20,22,24). The molecule has 0 bridgehead atoms. The number of azo groups is 1. The molecule has 0 aliphatic heterocycles. The van der Waals surface area contributed by atoms with Gasteiger partial charge in [-0.05, 0) is 47.9 Å². The predicted octanol–water partition coefficient (Wildman–Crippen LogP) is 4.61. The van der Waals surface area contributed by atoms with Crippen molar-refractivity contribution in [1.82, 2.24) is 10.2 Å². The molecule has 0 amide bonds. The molecular formula is C18H18N4O2. The van der Waals surface area contributed by atoms with Gasteiger partial charge in [-0.25, -0.2) is 0 Å². The van der Waals surface area contributed by atoms with E-state index in [1.807, 2.05) is 24.3 Å². The molecule has 0 aliphatic rings. The first kappa shape index (κ1) is 15.7. The van der Waals surface area contributed by atoms with Gasteiger partial charge < -0.3 is 5.11 Å². The van der Waals surface area contributed by atoms with E-state index in [1.165, 1.54) is 5.56 Å². The first-order chi connectivity index (χ1) is 11.5. The minimum atomic E-state index is -0.347. The van der Waals surface area contributed by atoms with Gasteiger partial charge in [0.15, 0.2) is 5.69 Å². The summed E-state index contributed by atoms with van der Waals surface area (Å²) in [5.41, 5.74) is 3.02. The van der Waals surface area contributed by atoms with Crippen LogP contribution >= 0.6 is 0 Å². The van der Waals surface area contributed by atoms with Gasteiger partial charge in [0.05, 0.1) is 11.4 Å². The van der Waals surface area contributed by atoms with E-state index < -0.39 is 0 Å². The maximum Gasteiger partial charge on any atom is 0.292 e. The van der Waals surface area contributed by atoms with Crippen LogP contribution in [0.1, 0.15) is 25.3 Å². The van der Waals surface area contributed by atoms with Crippen molar-refractivity contribution in [1.29, 1.82) is 0 Å². The molecule has 3 rings (SSSR count). The van der Waals surface area contributed by atoms with Gasteiger partial charge in [-0.15, -0.1) is 5.11 Å². The molecule has 0 fully saturated rings. The maximum atomic E-state index is 12.0. The van der Waals surface area contributed by atoms with E-state index in [2.05, 4.69) is 34.3 Å². The minimum absolute atomic E-state index is 0.157. The Labute approximate surface area is 138 Å². The lowest BCUT2D eigenvalue weighted by Crippen LogP contribution is -1.96. The Balaban J connectivity index is 1.91. The zero-order chi connectivity index (χ0) is 17.1. The highest BCUT2D eigenvalue weighted by atomic mass is 16.3. The molecule has 6 nitrogen and oxygen atoms in total. The molecule has 122 valence electrons. The third kappa shape index (κ3) is 3.27. The van der Waals surface area contributed by atoms with Crippen LogP contribution in [0.4, 0.5) is 11.4 Å². The second-order valence-corrected chi connectivity index (χ2v) is 5.80. The summed E-state index contributed by atoms with van der Waals surface area (Å²) in [7, 11) is 0. The highest BCUT2D eigenvalue weighted by Crippen LogP contribution is 2.28. The number of aromatic hydroxyl groups is 1. The zero-order valence-electron chi connectivity index (χ0n) is 13.4. The number of phenols is 1. The highest BCUT2D eigenvalue weighted by Gasteiger charge is 2.11. The van der Waals surface area contributed by atoms with Gasteiger partial charge in [-0.1, -0.05) is 26.0 Å². The van der Waals surface area contributed by atoms with Crippen molar-refractivity contribution in [2.24, 2.45) is 10.2 Å². The van der Waals surface area contributed by atoms with Crippen LogP contribution in [0.15, 0.2) is 63.6 Å². The molecule has 24 heavy (non-hydrogen) atoms. The number of hydrogen-bond acceptors (Lipinski definition) is 4. The predicted molar refractivity (Wildman–Crippen MR) is 93.2 cm³/mol. The summed E-state index contributed by atoms with van der Waals surface area (Å²) >= 11 is 0. The Hall–Kier alpha value is -3.15. The first-order valence-corrected chi connectivity index (χ1v) is 7.66. The van der Waals surface area contributed by atoms with Crippen LogP contribution in [0.2, 0.25) is 0 Å². The van der Waals surface area contributed by atoms with Crippen molar-refractivity contribution < 1.29 is 5.11 Å². The van der Waals surface area contributed by atoms with E-state index in [-0.39, 0.29) is 17.0 Å². The van der Waals surface area contributed by atoms with E-state index in [4.69, 9.17) is 0 Å². The molecule has 0 saturated carbocycles. The maximum absolute atomic E-state index is 12.0. The number of aromatic amines is 2. The summed E-state index contributed by atoms with van der Waals surface area (Å²) in [5.74, 6) is 0.606. The second kappa shape index (κ2) is 6.54. The number of rotatable bonds is 4. The van der Waals surface area contributed by atoms with E-state index in [0.29, 0.717) is 17.3 Å². The van der Waals surface area contributed by atoms with Gasteiger partial charge in [0.1, 0.15) is 5.75 Å². The summed E-state index contributed by atoms with van der Waals surface area (Å²) in [6, 6.07) is 14.2. The molecular weight excluding hydrogens is 304 g/mol. The normalized spacial score (nSPS) is 11.5. The molecule has 0 aliphatic carbocycles. The molecule has 0 radical (unpaired) electrons. The molecule has 0 saturated heterocycles. The van der Waals surface area contributed by atoms with E-state index in [1.54, 1.807) is 24.3 Å². The van der Waals surface area contributed by atoms with Gasteiger partial charge in [-0.3, -0.25) is 15.0 Å². The van der Waals surface area contributed by atoms with Crippen LogP contribution in [0.5, 0.6) is 5.75 Å². The fourth-order valence-electron chi connectivity index (χ4n) is 2.32. The van der Waals surface area contributed by atoms with Crippen LogP contribution in [-0.2, 0) is 0 Å². The average molecular weight is 322 g/mol. The average Bonchev–Trinajstić information content (AvgIpc) is 2.95. The third-order valence-electron chi connectivity index (χ3n) is 3.73. The SMILES string of the molecule is CC(C)c1ccc(N=Nc2c(-c3ccc(O)cc3)[nH][nH]c2=O)cc1. The number of aromatic nitrogens is 2. The Kier molecular flexibility index (Phi) is 4.29. The second-order valence-electron chi connectivity index (χ2n) is 5.80. The summed E-state index contributed by atoms with van der Waals surface area (Å²) < 4.78 is 0. The number of hydrogen-bond donors (Lipinski definition) is 3. The van der Waals surface area contributed by atoms with Gasteiger partial charge in [0.2, 0.25) is 0 Å². The van der Waals surface area contributed by atoms with Gasteiger partial charge in [0, 0.05) is 5.56 Å². The van der Waals surface area contributed by atoms with Crippen LogP contribution < -0.4 is 5.56 Å². The summed E-state index contributed by atoms with van der Waals surface area (Å²) in [6.45, 7) is 4.25. The smallest absolute Gasteiger partial charge is 0.292 e. The van der Waals surface area contributed by atoms with Gasteiger partial charge >= 0.3 is 0 Å². The van der Waals surface area contributed by atoms with Crippen LogP contribution in [-0.4, -0.2) is 15.3 Å². The van der Waals surface area contributed by atoms with Crippen molar-refractivity contribution in [3.8, 4) is 17.0 Å². The molecule has 1 aromatic heterocycles. The first-order valence-electron chi connectivity index (χ1n) is 7.66. The van der Waals surface area contributed by atoms with Crippen molar-refractivity contribution in [3.05, 3.63) is 64.4 Å². The number of H-pyrrole nitrogens is 2. The molecule has 3 N–H and O–H groups in total. The summed E-state index contributed by atoms with van der Waals surface area (Å²) in [5, 5.41) is 22.9. The number of phenolic OH excluding ortho intramolecular Hbond substituents is 1. The lowest BCUT2D eigenvalue weighted by Gasteiger charge is -2.04. The van der Waals surface area contributed by atoms with Crippen LogP contribution in [0.25, 0.3) is 11.3 Å². The molecule has 0 atom stereocenters. The van der Waals surface area contributed by atoms with Crippen molar-refractivity contribution in [2.75, 3.05) is 0 Å². The van der Waals surface area contributed by atoms with Crippen LogP contribution in [0.3, 0.4) is 0 Å². The Bertz CT molecular complexity index is 903. The lowest BCUT2D eigenvalue weighted by molar-refractivity contribution is 0.475. The van der Waals surface area contributed by atoms with Gasteiger partial charge in [-0.2, -0.15) is 5.11 Å². The Morgan fingerprint density at radius 1 is 0.917 bits per heavy atom. The number of nitrogens with one attached hydrogen (secondary N) is 2. The van der Waals surface area contributed by atoms with E-state index in [9.17, 15) is 9.90 Å². The topological polar surface area (TPSA) is 93.6 Å². The number of nitrogens with zero attached hydrogens (tertiary/aromatic N) is 2. The summed E-state index contributed by atoms with van der Waals surface area (Å²) in [6.07, 6.45) is 0. The Morgan fingerprint density at radius 3 is 2.21 bits per heavy atom. The van der Waals surface area contributed by atoms with Crippen molar-refractivity contribution >= 4 is 11.4 Å². The molecule has 0 unspecified atom stereocenters. The third-order valence-corrected chi connectivity index (χ3v) is 3.73. The largest absolute Gasteiger partial charge is 0.508 e. The minimum Gasteiger partial charge on any atom is -0.508 e. The van der Waals surface area contributed by atoms with E-state index in [0.717, 1.165) is 5.56 Å². The Morgan fingerprint density at radius 2 is 1.58 bits per heavy atom. The lowest BCUT2D eigenvalue weighted by atomic mass is 10.0. The van der Waals surface area contributed by atoms with Crippen LogP contribution in [0, 0.1) is 0 Å². The zero-order valence-corrected chi connectivity index (χ0v) is 13.4. The monoisotopic (exact) mass is 322 g/mol. The molecule has 3 aromatic rings. The molecule has 1 heterocycles. The van der Waals surface area contributed by atoms with Crippen molar-refractivity contribution in [2.45, 2.75) is 19.8 Å².